The standard InChI is InChI=1S/C16H14N2O5.Na/c19-14-7-6-11(9-12(14)15(20)21)17-18-13(16(22)23)8-10-4-2-1-3-5-10;/h1-7,9,13,19H,8H2,(H,20,21)(H,22,23);/q;+1/t13-;/m0./s1. The topological polar surface area (TPSA) is 120 Å². The molecule has 0 aromatic heterocycles. The minimum Gasteiger partial charge on any atom is -0.507 e. The molecule has 0 aliphatic heterocycles. The molecule has 0 saturated heterocycles. The van der Waals surface area contributed by atoms with Crippen molar-refractivity contribution in [1.29, 1.82) is 0 Å². The number of nitrogens with zero attached hydrogens (tertiary/aromatic N) is 2. The number of hydrogen-bond donors (Lipinski definition) is 3. The number of aromatic hydroxyl groups is 1. The summed E-state index contributed by atoms with van der Waals surface area (Å²) in [6.45, 7) is 0. The molecule has 0 spiro atoms. The van der Waals surface area contributed by atoms with Gasteiger partial charge < -0.3 is 15.3 Å². The monoisotopic (exact) mass is 337 g/mol. The summed E-state index contributed by atoms with van der Waals surface area (Å²) < 4.78 is 0. The average Bonchev–Trinajstić information content (AvgIpc) is 2.53. The minimum atomic E-state index is -1.31. The van der Waals surface area contributed by atoms with Gasteiger partial charge in [-0.15, -0.1) is 0 Å². The van der Waals surface area contributed by atoms with Gasteiger partial charge in [-0.05, 0) is 23.8 Å². The summed E-state index contributed by atoms with van der Waals surface area (Å²) in [5, 5.41) is 35.1. The first-order valence-electron chi connectivity index (χ1n) is 6.71. The van der Waals surface area contributed by atoms with Gasteiger partial charge >= 0.3 is 41.5 Å². The van der Waals surface area contributed by atoms with Crippen LogP contribution in [0.15, 0.2) is 58.8 Å². The van der Waals surface area contributed by atoms with E-state index in [9.17, 15) is 19.8 Å². The van der Waals surface area contributed by atoms with Crippen molar-refractivity contribution < 1.29 is 54.5 Å². The second-order valence-electron chi connectivity index (χ2n) is 4.77. The van der Waals surface area contributed by atoms with Crippen LogP contribution in [0.4, 0.5) is 5.69 Å². The van der Waals surface area contributed by atoms with Gasteiger partial charge in [-0.1, -0.05) is 30.3 Å². The van der Waals surface area contributed by atoms with E-state index in [1.54, 1.807) is 24.3 Å². The van der Waals surface area contributed by atoms with Gasteiger partial charge in [-0.3, -0.25) is 0 Å². The van der Waals surface area contributed by atoms with Crippen LogP contribution in [0.25, 0.3) is 0 Å². The second kappa shape index (κ2) is 9.17. The molecule has 0 bridgehead atoms. The molecule has 8 heteroatoms. The number of carboxylic acids is 2. The fraction of sp³-hybridized carbons (Fsp3) is 0.125. The summed E-state index contributed by atoms with van der Waals surface area (Å²) >= 11 is 0. The summed E-state index contributed by atoms with van der Waals surface area (Å²) in [6, 6.07) is 11.6. The number of benzene rings is 2. The molecule has 0 unspecified atom stereocenters. The van der Waals surface area contributed by atoms with Crippen molar-refractivity contribution in [3.63, 3.8) is 0 Å². The van der Waals surface area contributed by atoms with E-state index in [0.717, 1.165) is 11.6 Å². The smallest absolute Gasteiger partial charge is 0.507 e. The van der Waals surface area contributed by atoms with Crippen LogP contribution in [0.5, 0.6) is 5.75 Å². The molecule has 1 atom stereocenters. The summed E-state index contributed by atoms with van der Waals surface area (Å²) in [4.78, 5) is 22.2. The number of azo groups is 1. The van der Waals surface area contributed by atoms with E-state index >= 15 is 0 Å². The zero-order valence-corrected chi connectivity index (χ0v) is 15.0. The molecule has 118 valence electrons. The quantitative estimate of drug-likeness (QED) is 0.501. The molecule has 2 aromatic rings. The third kappa shape index (κ3) is 5.45. The first-order chi connectivity index (χ1) is 11.0. The predicted octanol–water partition coefficient (Wildman–Crippen LogP) is -0.126. The molecule has 7 nitrogen and oxygen atoms in total. The maximum Gasteiger partial charge on any atom is 1.00 e. The van der Waals surface area contributed by atoms with Crippen LogP contribution < -0.4 is 29.6 Å². The molecule has 0 aliphatic rings. The van der Waals surface area contributed by atoms with E-state index in [-0.39, 0.29) is 47.2 Å². The van der Waals surface area contributed by atoms with E-state index in [1.807, 2.05) is 6.07 Å². The molecule has 0 amide bonds. The van der Waals surface area contributed by atoms with E-state index in [0.29, 0.717) is 0 Å². The third-order valence-corrected chi connectivity index (χ3v) is 3.08. The summed E-state index contributed by atoms with van der Waals surface area (Å²) in [5.41, 5.74) is 0.631. The van der Waals surface area contributed by atoms with Crippen molar-refractivity contribution in [2.45, 2.75) is 12.5 Å². The predicted molar refractivity (Wildman–Crippen MR) is 81.2 cm³/mol. The van der Waals surface area contributed by atoms with E-state index < -0.39 is 23.7 Å². The molecule has 0 fully saturated rings. The largest absolute Gasteiger partial charge is 1.00 e. The number of aromatic carboxylic acids is 1. The number of rotatable bonds is 6. The molecular formula is C16H14N2NaO5+. The van der Waals surface area contributed by atoms with Gasteiger partial charge in [0.15, 0.2) is 6.04 Å². The SMILES string of the molecule is O=C(O)c1cc(N=N[C@@H](Cc2ccccc2)C(=O)O)ccc1O.[Na+]. The normalized spacial score (nSPS) is 11.7. The third-order valence-electron chi connectivity index (χ3n) is 3.08. The van der Waals surface area contributed by atoms with Crippen molar-refractivity contribution in [2.75, 3.05) is 0 Å². The summed E-state index contributed by atoms with van der Waals surface area (Å²) in [7, 11) is 0. The van der Waals surface area contributed by atoms with Crippen molar-refractivity contribution >= 4 is 17.6 Å². The van der Waals surface area contributed by atoms with E-state index in [4.69, 9.17) is 5.11 Å². The molecule has 0 radical (unpaired) electrons. The van der Waals surface area contributed by atoms with Crippen LogP contribution in [0, 0.1) is 0 Å². The zero-order chi connectivity index (χ0) is 16.8. The number of aliphatic carboxylic acids is 1. The van der Waals surface area contributed by atoms with Crippen molar-refractivity contribution in [2.24, 2.45) is 10.2 Å². The summed E-state index contributed by atoms with van der Waals surface area (Å²) in [5.74, 6) is -2.83. The molecule has 0 aliphatic carbocycles. The maximum absolute atomic E-state index is 11.3. The van der Waals surface area contributed by atoms with Crippen LogP contribution in [-0.2, 0) is 11.2 Å². The van der Waals surface area contributed by atoms with Crippen LogP contribution in [0.2, 0.25) is 0 Å². The van der Waals surface area contributed by atoms with Gasteiger partial charge in [0.05, 0.1) is 5.69 Å². The average molecular weight is 337 g/mol. The number of hydrogen-bond acceptors (Lipinski definition) is 5. The Morgan fingerprint density at radius 3 is 2.29 bits per heavy atom. The Bertz CT molecular complexity index is 749. The van der Waals surface area contributed by atoms with E-state index in [2.05, 4.69) is 10.2 Å². The Kier molecular flexibility index (Phi) is 7.57. The Labute approximate surface area is 160 Å². The number of carboxylic acid groups (broad SMARTS) is 2. The van der Waals surface area contributed by atoms with Gasteiger partial charge in [-0.25, -0.2) is 9.59 Å². The maximum atomic E-state index is 11.3. The Morgan fingerprint density at radius 1 is 1.04 bits per heavy atom. The van der Waals surface area contributed by atoms with Crippen LogP contribution in [-0.4, -0.2) is 33.3 Å². The Morgan fingerprint density at radius 2 is 1.71 bits per heavy atom. The molecule has 2 aromatic carbocycles. The van der Waals surface area contributed by atoms with Crippen LogP contribution in [0.3, 0.4) is 0 Å². The first kappa shape index (κ1) is 19.8. The Hall–Kier alpha value is -2.22. The van der Waals surface area contributed by atoms with Gasteiger partial charge in [-0.2, -0.15) is 10.2 Å². The Balaban J connectivity index is 0.00000288. The molecular weight excluding hydrogens is 323 g/mol. The molecule has 2 rings (SSSR count). The minimum absolute atomic E-state index is 0. The van der Waals surface area contributed by atoms with Gasteiger partial charge in [0, 0.05) is 6.42 Å². The first-order valence-corrected chi connectivity index (χ1v) is 6.71. The zero-order valence-electron chi connectivity index (χ0n) is 13.0. The number of phenols is 1. The second-order valence-corrected chi connectivity index (χ2v) is 4.77. The summed E-state index contributed by atoms with van der Waals surface area (Å²) in [6.07, 6.45) is 0.170. The molecule has 0 heterocycles. The van der Waals surface area contributed by atoms with Crippen molar-refractivity contribution in [1.82, 2.24) is 0 Å². The van der Waals surface area contributed by atoms with E-state index in [1.165, 1.54) is 12.1 Å². The number of carbonyl (C=O) groups is 2. The molecule has 0 saturated carbocycles. The van der Waals surface area contributed by atoms with Gasteiger partial charge in [0.1, 0.15) is 11.3 Å². The van der Waals surface area contributed by atoms with Gasteiger partial charge in [0.25, 0.3) is 0 Å². The van der Waals surface area contributed by atoms with Crippen LogP contribution >= 0.6 is 0 Å². The van der Waals surface area contributed by atoms with Gasteiger partial charge in [0.2, 0.25) is 0 Å². The fourth-order valence-electron chi connectivity index (χ4n) is 1.91. The van der Waals surface area contributed by atoms with Crippen LogP contribution in [0.1, 0.15) is 15.9 Å². The molecule has 24 heavy (non-hydrogen) atoms. The fourth-order valence-corrected chi connectivity index (χ4v) is 1.91. The van der Waals surface area contributed by atoms with Crippen molar-refractivity contribution in [3.8, 4) is 5.75 Å². The molecule has 3 N–H and O–H groups in total. The van der Waals surface area contributed by atoms with Crippen molar-refractivity contribution in [3.05, 3.63) is 59.7 Å².